The molecule has 0 aliphatic rings. The van der Waals surface area contributed by atoms with E-state index in [1.165, 1.54) is 68.7 Å². The normalized spacial score (nSPS) is 11.6. The van der Waals surface area contributed by atoms with E-state index in [1.54, 1.807) is 11.3 Å². The molecule has 11 aromatic rings. The number of fused-ring (bicyclic) bond motifs is 8. The number of thiazole rings is 1. The minimum Gasteiger partial charge on any atom is -0.310 e. The fourth-order valence-electron chi connectivity index (χ4n) is 7.95. The van der Waals surface area contributed by atoms with Crippen molar-refractivity contribution in [3.63, 3.8) is 0 Å². The van der Waals surface area contributed by atoms with Crippen LogP contribution < -0.4 is 4.90 Å². The first-order valence-electron chi connectivity index (χ1n) is 18.5. The Bertz CT molecular complexity index is 3180. The van der Waals surface area contributed by atoms with Crippen molar-refractivity contribution >= 4 is 91.7 Å². The lowest BCUT2D eigenvalue weighted by atomic mass is 9.97. The van der Waals surface area contributed by atoms with E-state index in [0.29, 0.717) is 0 Å². The standard InChI is InChI=1S/C51H32N2S2/c1-3-9-33(10-4-1)34-17-23-40(24-18-34)53(42-27-29-45-44-13-7-8-14-47(44)54-48(45)32-42)41-25-19-35(20-26-41)38-21-28-43-39(31-38)16-15-36-22-30-46-50(49(36)43)55-51(52-46)37-11-5-2-6-12-37/h1-32H. The zero-order chi connectivity index (χ0) is 36.3. The van der Waals surface area contributed by atoms with Crippen LogP contribution in [0.1, 0.15) is 0 Å². The molecule has 0 bridgehead atoms. The third-order valence-corrected chi connectivity index (χ3v) is 13.0. The molecule has 0 saturated carbocycles. The van der Waals surface area contributed by atoms with E-state index in [2.05, 4.69) is 199 Å². The Morgan fingerprint density at radius 3 is 1.69 bits per heavy atom. The minimum absolute atomic E-state index is 1.05. The van der Waals surface area contributed by atoms with Crippen LogP contribution in [-0.2, 0) is 0 Å². The Labute approximate surface area is 326 Å². The van der Waals surface area contributed by atoms with E-state index >= 15 is 0 Å². The summed E-state index contributed by atoms with van der Waals surface area (Å²) >= 11 is 3.64. The Hall–Kier alpha value is -6.59. The van der Waals surface area contributed by atoms with Crippen molar-refractivity contribution in [3.05, 3.63) is 194 Å². The molecule has 0 aliphatic heterocycles. The maximum Gasteiger partial charge on any atom is 0.124 e. The monoisotopic (exact) mass is 736 g/mol. The van der Waals surface area contributed by atoms with Gasteiger partial charge in [-0.1, -0.05) is 140 Å². The van der Waals surface area contributed by atoms with Gasteiger partial charge in [-0.2, -0.15) is 0 Å². The summed E-state index contributed by atoms with van der Waals surface area (Å²) in [6, 6.07) is 70.4. The summed E-state index contributed by atoms with van der Waals surface area (Å²) in [5.41, 5.74) is 10.4. The SMILES string of the molecule is c1ccc(-c2ccc(N(c3ccc(-c4ccc5c(ccc6ccc7nc(-c8ccccc8)sc7c65)c4)cc3)c3ccc4c(c3)sc3ccccc34)cc2)cc1. The molecule has 11 rings (SSSR count). The fraction of sp³-hybridized carbons (Fsp3) is 0. The fourth-order valence-corrected chi connectivity index (χ4v) is 10.2. The predicted molar refractivity (Wildman–Crippen MR) is 239 cm³/mol. The summed E-state index contributed by atoms with van der Waals surface area (Å²) in [7, 11) is 0. The zero-order valence-corrected chi connectivity index (χ0v) is 31.3. The maximum absolute atomic E-state index is 5.03. The first-order valence-corrected chi connectivity index (χ1v) is 20.2. The highest BCUT2D eigenvalue weighted by atomic mass is 32.1. The van der Waals surface area contributed by atoms with Gasteiger partial charge in [0.05, 0.1) is 10.2 Å². The minimum atomic E-state index is 1.05. The summed E-state index contributed by atoms with van der Waals surface area (Å²) in [5, 5.41) is 8.68. The third-order valence-electron chi connectivity index (χ3n) is 10.7. The van der Waals surface area contributed by atoms with Crippen molar-refractivity contribution in [2.75, 3.05) is 4.90 Å². The van der Waals surface area contributed by atoms with Gasteiger partial charge in [0, 0.05) is 48.2 Å². The lowest BCUT2D eigenvalue weighted by molar-refractivity contribution is 1.29. The molecule has 9 aromatic carbocycles. The maximum atomic E-state index is 5.03. The molecule has 55 heavy (non-hydrogen) atoms. The molecule has 2 aromatic heterocycles. The molecule has 0 amide bonds. The van der Waals surface area contributed by atoms with Crippen LogP contribution in [0.25, 0.3) is 84.8 Å². The lowest BCUT2D eigenvalue weighted by Gasteiger charge is -2.26. The molecule has 0 atom stereocenters. The Kier molecular flexibility index (Phi) is 7.58. The van der Waals surface area contributed by atoms with Gasteiger partial charge in [0.15, 0.2) is 0 Å². The van der Waals surface area contributed by atoms with Crippen LogP contribution in [0.15, 0.2) is 194 Å². The van der Waals surface area contributed by atoms with Crippen LogP contribution in [0.3, 0.4) is 0 Å². The Morgan fingerprint density at radius 1 is 0.364 bits per heavy atom. The van der Waals surface area contributed by atoms with Gasteiger partial charge in [0.1, 0.15) is 5.01 Å². The average molecular weight is 737 g/mol. The molecule has 0 spiro atoms. The van der Waals surface area contributed by atoms with Crippen LogP contribution in [-0.4, -0.2) is 4.98 Å². The molecular formula is C51H32N2S2. The van der Waals surface area contributed by atoms with Crippen LogP contribution >= 0.6 is 22.7 Å². The Morgan fingerprint density at radius 2 is 0.927 bits per heavy atom. The number of aromatic nitrogens is 1. The van der Waals surface area contributed by atoms with Gasteiger partial charge in [-0.25, -0.2) is 4.98 Å². The summed E-state index contributed by atoms with van der Waals surface area (Å²) in [6.07, 6.45) is 0. The predicted octanol–water partition coefficient (Wildman–Crippen LogP) is 15.4. The van der Waals surface area contributed by atoms with Gasteiger partial charge in [0.2, 0.25) is 0 Å². The zero-order valence-electron chi connectivity index (χ0n) is 29.7. The second-order valence-electron chi connectivity index (χ2n) is 14.0. The number of thiophene rings is 1. The van der Waals surface area contributed by atoms with E-state index in [1.807, 2.05) is 11.3 Å². The first kappa shape index (κ1) is 31.9. The van der Waals surface area contributed by atoms with Gasteiger partial charge < -0.3 is 4.90 Å². The van der Waals surface area contributed by atoms with Crippen molar-refractivity contribution < 1.29 is 0 Å². The van der Waals surface area contributed by atoms with Gasteiger partial charge >= 0.3 is 0 Å². The quantitative estimate of drug-likeness (QED) is 0.158. The second-order valence-corrected chi connectivity index (χ2v) is 16.1. The van der Waals surface area contributed by atoms with Crippen LogP contribution in [0.2, 0.25) is 0 Å². The molecule has 2 heterocycles. The molecule has 0 fully saturated rings. The largest absolute Gasteiger partial charge is 0.310 e. The molecular weight excluding hydrogens is 705 g/mol. The number of hydrogen-bond donors (Lipinski definition) is 0. The van der Waals surface area contributed by atoms with E-state index in [-0.39, 0.29) is 0 Å². The van der Waals surface area contributed by atoms with Crippen LogP contribution in [0.4, 0.5) is 17.1 Å². The topological polar surface area (TPSA) is 16.1 Å². The van der Waals surface area contributed by atoms with E-state index in [9.17, 15) is 0 Å². The Balaban J connectivity index is 0.983. The summed E-state index contributed by atoms with van der Waals surface area (Å²) < 4.78 is 3.84. The molecule has 0 aliphatic carbocycles. The highest BCUT2D eigenvalue weighted by Gasteiger charge is 2.17. The van der Waals surface area contributed by atoms with Gasteiger partial charge in [-0.05, 0) is 93.0 Å². The van der Waals surface area contributed by atoms with Crippen LogP contribution in [0, 0.1) is 0 Å². The number of rotatable bonds is 6. The van der Waals surface area contributed by atoms with E-state index < -0.39 is 0 Å². The van der Waals surface area contributed by atoms with Crippen molar-refractivity contribution in [3.8, 4) is 32.8 Å². The van der Waals surface area contributed by atoms with Crippen molar-refractivity contribution in [2.24, 2.45) is 0 Å². The molecule has 4 heteroatoms. The number of benzene rings is 9. The third kappa shape index (κ3) is 5.58. The highest BCUT2D eigenvalue weighted by Crippen LogP contribution is 2.43. The molecule has 0 saturated heterocycles. The van der Waals surface area contributed by atoms with Gasteiger partial charge in [-0.3, -0.25) is 0 Å². The van der Waals surface area contributed by atoms with Crippen molar-refractivity contribution in [2.45, 2.75) is 0 Å². The van der Waals surface area contributed by atoms with E-state index in [0.717, 1.165) is 33.1 Å². The van der Waals surface area contributed by atoms with Crippen molar-refractivity contribution in [1.29, 1.82) is 0 Å². The van der Waals surface area contributed by atoms with Crippen molar-refractivity contribution in [1.82, 2.24) is 4.98 Å². The summed E-state index contributed by atoms with van der Waals surface area (Å²) in [6.45, 7) is 0. The second kappa shape index (κ2) is 13.1. The summed E-state index contributed by atoms with van der Waals surface area (Å²) in [4.78, 5) is 7.40. The van der Waals surface area contributed by atoms with Gasteiger partial charge in [0.25, 0.3) is 0 Å². The number of nitrogens with zero attached hydrogens (tertiary/aromatic N) is 2. The molecule has 0 unspecified atom stereocenters. The van der Waals surface area contributed by atoms with Gasteiger partial charge in [-0.15, -0.1) is 22.7 Å². The molecule has 0 N–H and O–H groups in total. The average Bonchev–Trinajstić information content (AvgIpc) is 3.86. The first-order chi connectivity index (χ1) is 27.2. The van der Waals surface area contributed by atoms with Crippen LogP contribution in [0.5, 0.6) is 0 Å². The highest BCUT2D eigenvalue weighted by molar-refractivity contribution is 7.25. The summed E-state index contributed by atoms with van der Waals surface area (Å²) in [5.74, 6) is 0. The number of hydrogen-bond acceptors (Lipinski definition) is 4. The molecule has 0 radical (unpaired) electrons. The number of anilines is 3. The van der Waals surface area contributed by atoms with E-state index in [4.69, 9.17) is 4.98 Å². The molecule has 2 nitrogen and oxygen atoms in total. The molecule has 258 valence electrons. The lowest BCUT2D eigenvalue weighted by Crippen LogP contribution is -2.09. The smallest absolute Gasteiger partial charge is 0.124 e.